The highest BCUT2D eigenvalue weighted by molar-refractivity contribution is 5.82. The Hall–Kier alpha value is -3.35. The summed E-state index contributed by atoms with van der Waals surface area (Å²) in [4.78, 5) is 36.5. The molecule has 0 bridgehead atoms. The van der Waals surface area contributed by atoms with Gasteiger partial charge in [-0.3, -0.25) is 9.59 Å². The van der Waals surface area contributed by atoms with Gasteiger partial charge >= 0.3 is 12.1 Å². The summed E-state index contributed by atoms with van der Waals surface area (Å²) in [5.41, 5.74) is 4.62. The van der Waals surface area contributed by atoms with Crippen molar-refractivity contribution in [2.75, 3.05) is 6.61 Å². The third kappa shape index (κ3) is 4.72. The zero-order valence-electron chi connectivity index (χ0n) is 18.9. The number of carbonyl (C=O) groups excluding carboxylic acids is 2. The Bertz CT molecular complexity index is 1010. The second-order valence-corrected chi connectivity index (χ2v) is 9.04. The highest BCUT2D eigenvalue weighted by Crippen LogP contribution is 2.44. The first-order chi connectivity index (χ1) is 15.9. The Balaban J connectivity index is 1.35. The van der Waals surface area contributed by atoms with Gasteiger partial charge in [-0.15, -0.1) is 0 Å². The summed E-state index contributed by atoms with van der Waals surface area (Å²) in [7, 11) is 0. The predicted molar refractivity (Wildman–Crippen MR) is 124 cm³/mol. The standard InChI is InChI=1S/C26H30N2O5/c1-15(25(30)31)16(2)27-24(29)21-12-7-13-23(21)28-26(32)33-14-22-19-10-5-3-8-17(19)18-9-4-6-11-20(18)22/h3-6,8-11,15-16,21-23H,7,12-14H2,1-2H3,(H,27,29)(H,28,32)(H,30,31)/t15?,16?,21-,23+/m0/s1. The molecule has 0 radical (unpaired) electrons. The van der Waals surface area contributed by atoms with Crippen molar-refractivity contribution >= 4 is 18.0 Å². The molecule has 33 heavy (non-hydrogen) atoms. The quantitative estimate of drug-likeness (QED) is 0.593. The van der Waals surface area contributed by atoms with Gasteiger partial charge in [0.2, 0.25) is 5.91 Å². The fourth-order valence-corrected chi connectivity index (χ4v) is 4.91. The lowest BCUT2D eigenvalue weighted by Crippen LogP contribution is -2.48. The van der Waals surface area contributed by atoms with Gasteiger partial charge in [-0.1, -0.05) is 55.0 Å². The average Bonchev–Trinajstić information content (AvgIpc) is 3.39. The summed E-state index contributed by atoms with van der Waals surface area (Å²) in [6.45, 7) is 3.46. The number of ether oxygens (including phenoxy) is 1. The molecular formula is C26H30N2O5. The van der Waals surface area contributed by atoms with E-state index in [-0.39, 0.29) is 24.5 Å². The van der Waals surface area contributed by atoms with Crippen LogP contribution < -0.4 is 10.6 Å². The molecule has 1 fully saturated rings. The van der Waals surface area contributed by atoms with Crippen LogP contribution >= 0.6 is 0 Å². The van der Waals surface area contributed by atoms with Gasteiger partial charge < -0.3 is 20.5 Å². The van der Waals surface area contributed by atoms with Gasteiger partial charge in [0.15, 0.2) is 0 Å². The van der Waals surface area contributed by atoms with E-state index in [1.165, 1.54) is 11.1 Å². The number of carboxylic acid groups (broad SMARTS) is 1. The van der Waals surface area contributed by atoms with Crippen LogP contribution in [0.15, 0.2) is 48.5 Å². The summed E-state index contributed by atoms with van der Waals surface area (Å²) in [5, 5.41) is 14.8. The van der Waals surface area contributed by atoms with Crippen LogP contribution in [0.3, 0.4) is 0 Å². The largest absolute Gasteiger partial charge is 0.481 e. The number of rotatable bonds is 7. The minimum absolute atomic E-state index is 0.0239. The highest BCUT2D eigenvalue weighted by atomic mass is 16.5. The minimum atomic E-state index is -0.956. The van der Waals surface area contributed by atoms with Crippen LogP contribution in [0.2, 0.25) is 0 Å². The number of fused-ring (bicyclic) bond motifs is 3. The van der Waals surface area contributed by atoms with Crippen LogP contribution in [0.4, 0.5) is 4.79 Å². The van der Waals surface area contributed by atoms with Crippen molar-refractivity contribution in [3.05, 3.63) is 59.7 Å². The van der Waals surface area contributed by atoms with E-state index in [2.05, 4.69) is 34.9 Å². The van der Waals surface area contributed by atoms with Gasteiger partial charge in [0, 0.05) is 18.0 Å². The van der Waals surface area contributed by atoms with Gasteiger partial charge in [-0.25, -0.2) is 4.79 Å². The lowest BCUT2D eigenvalue weighted by Gasteiger charge is -2.24. The summed E-state index contributed by atoms with van der Waals surface area (Å²) >= 11 is 0. The summed E-state index contributed by atoms with van der Waals surface area (Å²) in [6.07, 6.45) is 1.61. The first-order valence-corrected chi connectivity index (χ1v) is 11.5. The number of carbonyl (C=O) groups is 3. The van der Waals surface area contributed by atoms with Gasteiger partial charge in [0.05, 0.1) is 11.8 Å². The van der Waals surface area contributed by atoms with E-state index in [1.807, 2.05) is 24.3 Å². The van der Waals surface area contributed by atoms with Crippen LogP contribution in [0.25, 0.3) is 11.1 Å². The number of nitrogens with one attached hydrogen (secondary N) is 2. The molecule has 0 aliphatic heterocycles. The lowest BCUT2D eigenvalue weighted by molar-refractivity contribution is -0.142. The molecule has 0 spiro atoms. The molecule has 0 aromatic heterocycles. The summed E-state index contributed by atoms with van der Waals surface area (Å²) in [5.74, 6) is -2.29. The lowest BCUT2D eigenvalue weighted by atomic mass is 9.98. The van der Waals surface area contributed by atoms with Crippen molar-refractivity contribution < 1.29 is 24.2 Å². The van der Waals surface area contributed by atoms with E-state index in [0.29, 0.717) is 12.8 Å². The van der Waals surface area contributed by atoms with E-state index in [4.69, 9.17) is 9.84 Å². The van der Waals surface area contributed by atoms with Crippen LogP contribution in [0.1, 0.15) is 50.2 Å². The molecule has 3 N–H and O–H groups in total. The minimum Gasteiger partial charge on any atom is -0.481 e. The molecule has 2 aliphatic carbocycles. The molecule has 0 saturated heterocycles. The topological polar surface area (TPSA) is 105 Å². The van der Waals surface area contributed by atoms with Gasteiger partial charge in [0.25, 0.3) is 0 Å². The smallest absolute Gasteiger partial charge is 0.407 e. The molecule has 2 amide bonds. The second kappa shape index (κ2) is 9.65. The van der Waals surface area contributed by atoms with E-state index in [9.17, 15) is 14.4 Å². The van der Waals surface area contributed by atoms with E-state index in [1.54, 1.807) is 13.8 Å². The molecule has 2 aliphatic rings. The van der Waals surface area contributed by atoms with Crippen LogP contribution in [0, 0.1) is 11.8 Å². The zero-order chi connectivity index (χ0) is 23.5. The Morgan fingerprint density at radius 3 is 2.21 bits per heavy atom. The fourth-order valence-electron chi connectivity index (χ4n) is 4.91. The van der Waals surface area contributed by atoms with Crippen molar-refractivity contribution in [1.29, 1.82) is 0 Å². The number of aliphatic carboxylic acids is 1. The fraction of sp³-hybridized carbons (Fsp3) is 0.423. The van der Waals surface area contributed by atoms with Crippen molar-refractivity contribution in [3.63, 3.8) is 0 Å². The van der Waals surface area contributed by atoms with E-state index >= 15 is 0 Å². The number of carboxylic acids is 1. The molecule has 2 unspecified atom stereocenters. The van der Waals surface area contributed by atoms with E-state index in [0.717, 1.165) is 17.5 Å². The SMILES string of the molecule is CC(NC(=O)[C@H]1CCC[C@H]1NC(=O)OCC1c2ccccc2-c2ccccc21)C(C)C(=O)O. The van der Waals surface area contributed by atoms with E-state index < -0.39 is 29.9 Å². The number of benzene rings is 2. The highest BCUT2D eigenvalue weighted by Gasteiger charge is 2.36. The molecule has 2 aromatic rings. The Morgan fingerprint density at radius 1 is 1.00 bits per heavy atom. The monoisotopic (exact) mass is 450 g/mol. The normalized spacial score (nSPS) is 20.9. The first kappa shape index (κ1) is 22.8. The third-order valence-electron chi connectivity index (χ3n) is 7.01. The Labute approximate surface area is 193 Å². The number of alkyl carbamates (subject to hydrolysis) is 1. The molecule has 4 atom stereocenters. The van der Waals surface area contributed by atoms with Crippen LogP contribution in [0.5, 0.6) is 0 Å². The van der Waals surface area contributed by atoms with Gasteiger partial charge in [-0.2, -0.15) is 0 Å². The summed E-state index contributed by atoms with van der Waals surface area (Å²) in [6, 6.07) is 15.5. The first-order valence-electron chi connectivity index (χ1n) is 11.5. The maximum atomic E-state index is 12.7. The van der Waals surface area contributed by atoms with Gasteiger partial charge in [0.1, 0.15) is 6.61 Å². The molecule has 0 heterocycles. The molecule has 7 nitrogen and oxygen atoms in total. The zero-order valence-corrected chi connectivity index (χ0v) is 18.9. The molecule has 7 heteroatoms. The molecular weight excluding hydrogens is 420 g/mol. The number of hydrogen-bond donors (Lipinski definition) is 3. The third-order valence-corrected chi connectivity index (χ3v) is 7.01. The van der Waals surface area contributed by atoms with Crippen molar-refractivity contribution in [2.24, 2.45) is 11.8 Å². The molecule has 174 valence electrons. The predicted octanol–water partition coefficient (Wildman–Crippen LogP) is 3.92. The Kier molecular flexibility index (Phi) is 6.67. The van der Waals surface area contributed by atoms with Crippen LogP contribution in [-0.4, -0.2) is 41.8 Å². The summed E-state index contributed by atoms with van der Waals surface area (Å²) < 4.78 is 5.62. The van der Waals surface area contributed by atoms with Crippen molar-refractivity contribution in [3.8, 4) is 11.1 Å². The molecule has 1 saturated carbocycles. The molecule has 4 rings (SSSR count). The number of hydrogen-bond acceptors (Lipinski definition) is 4. The maximum absolute atomic E-state index is 12.7. The van der Waals surface area contributed by atoms with Crippen molar-refractivity contribution in [2.45, 2.75) is 51.1 Å². The Morgan fingerprint density at radius 2 is 1.61 bits per heavy atom. The maximum Gasteiger partial charge on any atom is 0.407 e. The number of amides is 2. The molecule has 2 aromatic carbocycles. The van der Waals surface area contributed by atoms with Gasteiger partial charge in [-0.05, 0) is 48.9 Å². The second-order valence-electron chi connectivity index (χ2n) is 9.04. The van der Waals surface area contributed by atoms with Crippen LogP contribution in [-0.2, 0) is 14.3 Å². The van der Waals surface area contributed by atoms with Crippen molar-refractivity contribution in [1.82, 2.24) is 10.6 Å². The average molecular weight is 451 g/mol.